The highest BCUT2D eigenvalue weighted by Gasteiger charge is 2.44. The zero-order valence-corrected chi connectivity index (χ0v) is 13.6. The lowest BCUT2D eigenvalue weighted by atomic mass is 9.95. The van der Waals surface area contributed by atoms with Crippen molar-refractivity contribution in [3.63, 3.8) is 0 Å². The summed E-state index contributed by atoms with van der Waals surface area (Å²) in [6.07, 6.45) is 2.66. The Labute approximate surface area is 135 Å². The quantitative estimate of drug-likeness (QED) is 0.727. The first kappa shape index (κ1) is 17.1. The van der Waals surface area contributed by atoms with Crippen LogP contribution in [0, 0.1) is 0 Å². The number of hydrogen-bond donors (Lipinski definition) is 2. The zero-order valence-electron chi connectivity index (χ0n) is 13.6. The predicted molar refractivity (Wildman–Crippen MR) is 85.0 cm³/mol. The first-order chi connectivity index (χ1) is 11.0. The number of hydrogen-bond acceptors (Lipinski definition) is 4. The monoisotopic (exact) mass is 321 g/mol. The van der Waals surface area contributed by atoms with E-state index in [2.05, 4.69) is 5.32 Å². The fourth-order valence-electron chi connectivity index (χ4n) is 2.64. The van der Waals surface area contributed by atoms with Gasteiger partial charge in [-0.3, -0.25) is 9.59 Å². The summed E-state index contributed by atoms with van der Waals surface area (Å²) < 4.78 is 10.6. The molecule has 0 unspecified atom stereocenters. The number of carbonyl (C=O) groups is 2. The van der Waals surface area contributed by atoms with E-state index < -0.39 is 5.97 Å². The van der Waals surface area contributed by atoms with E-state index in [1.807, 2.05) is 18.2 Å². The lowest BCUT2D eigenvalue weighted by Crippen LogP contribution is -2.32. The molecule has 1 amide bonds. The van der Waals surface area contributed by atoms with Crippen LogP contribution in [-0.4, -0.2) is 37.7 Å². The average Bonchev–Trinajstić information content (AvgIpc) is 3.33. The summed E-state index contributed by atoms with van der Waals surface area (Å²) in [6, 6.07) is 5.84. The molecular formula is C17H23NO5. The van der Waals surface area contributed by atoms with Gasteiger partial charge in [-0.15, -0.1) is 0 Å². The molecule has 6 nitrogen and oxygen atoms in total. The first-order valence-electron chi connectivity index (χ1n) is 7.72. The van der Waals surface area contributed by atoms with Crippen molar-refractivity contribution in [1.82, 2.24) is 5.32 Å². The van der Waals surface area contributed by atoms with E-state index >= 15 is 0 Å². The van der Waals surface area contributed by atoms with Crippen molar-refractivity contribution in [3.05, 3.63) is 23.8 Å². The minimum absolute atomic E-state index is 0.0221. The van der Waals surface area contributed by atoms with Gasteiger partial charge in [-0.25, -0.2) is 0 Å². The van der Waals surface area contributed by atoms with Crippen LogP contribution in [0.5, 0.6) is 11.5 Å². The third-order valence-corrected chi connectivity index (χ3v) is 4.27. The third kappa shape index (κ3) is 4.37. The molecule has 0 heterocycles. The number of carboxylic acid groups (broad SMARTS) is 1. The van der Waals surface area contributed by atoms with Gasteiger partial charge in [-0.2, -0.15) is 0 Å². The molecule has 0 saturated heterocycles. The largest absolute Gasteiger partial charge is 0.493 e. The summed E-state index contributed by atoms with van der Waals surface area (Å²) in [4.78, 5) is 22.3. The number of carbonyl (C=O) groups excluding carboxylic acids is 1. The van der Waals surface area contributed by atoms with Crippen LogP contribution in [0.4, 0.5) is 0 Å². The van der Waals surface area contributed by atoms with Crippen molar-refractivity contribution in [3.8, 4) is 11.5 Å². The Hall–Kier alpha value is -2.24. The van der Waals surface area contributed by atoms with Gasteiger partial charge >= 0.3 is 5.97 Å². The zero-order chi connectivity index (χ0) is 16.9. The fourth-order valence-corrected chi connectivity index (χ4v) is 2.64. The van der Waals surface area contributed by atoms with Crippen LogP contribution >= 0.6 is 0 Å². The van der Waals surface area contributed by atoms with Crippen molar-refractivity contribution in [2.24, 2.45) is 0 Å². The molecule has 126 valence electrons. The fraction of sp³-hybridized carbons (Fsp3) is 0.529. The maximum Gasteiger partial charge on any atom is 0.303 e. The number of ether oxygens (including phenoxy) is 2. The number of rotatable bonds is 9. The summed E-state index contributed by atoms with van der Waals surface area (Å²) in [5.41, 5.74) is 1.09. The summed E-state index contributed by atoms with van der Waals surface area (Å²) in [7, 11) is 3.20. The predicted octanol–water partition coefficient (Wildman–Crippen LogP) is 2.11. The maximum atomic E-state index is 11.8. The van der Waals surface area contributed by atoms with E-state index in [1.54, 1.807) is 14.2 Å². The van der Waals surface area contributed by atoms with Crippen molar-refractivity contribution >= 4 is 11.9 Å². The number of nitrogens with one attached hydrogen (secondary N) is 1. The Balaban J connectivity index is 1.92. The van der Waals surface area contributed by atoms with Crippen LogP contribution < -0.4 is 14.8 Å². The van der Waals surface area contributed by atoms with E-state index in [1.165, 1.54) is 0 Å². The number of aliphatic carboxylic acids is 1. The van der Waals surface area contributed by atoms with Crippen molar-refractivity contribution in [1.29, 1.82) is 0 Å². The number of carboxylic acids is 1. The molecule has 2 rings (SSSR count). The molecule has 23 heavy (non-hydrogen) atoms. The highest BCUT2D eigenvalue weighted by molar-refractivity contribution is 5.77. The van der Waals surface area contributed by atoms with Gasteiger partial charge in [0.25, 0.3) is 0 Å². The van der Waals surface area contributed by atoms with Gasteiger partial charge in [0, 0.05) is 24.8 Å². The lowest BCUT2D eigenvalue weighted by molar-refractivity contribution is -0.137. The molecule has 0 atom stereocenters. The number of methoxy groups -OCH3 is 2. The van der Waals surface area contributed by atoms with Crippen LogP contribution in [0.25, 0.3) is 0 Å². The lowest BCUT2D eigenvalue weighted by Gasteiger charge is -2.18. The van der Waals surface area contributed by atoms with Crippen LogP contribution in [0.2, 0.25) is 0 Å². The minimum atomic E-state index is -0.873. The SMILES string of the molecule is COc1ccc(C2(CNC(=O)CCCC(=O)O)CC2)cc1OC. The van der Waals surface area contributed by atoms with Crippen LogP contribution in [0.1, 0.15) is 37.7 Å². The highest BCUT2D eigenvalue weighted by atomic mass is 16.5. The van der Waals surface area contributed by atoms with Gasteiger partial charge in [-0.1, -0.05) is 6.07 Å². The Morgan fingerprint density at radius 2 is 1.87 bits per heavy atom. The second-order valence-corrected chi connectivity index (χ2v) is 5.87. The molecule has 1 aromatic carbocycles. The molecule has 0 spiro atoms. The Morgan fingerprint density at radius 3 is 2.43 bits per heavy atom. The molecule has 0 aliphatic heterocycles. The van der Waals surface area contributed by atoms with Gasteiger partial charge in [0.2, 0.25) is 5.91 Å². The van der Waals surface area contributed by atoms with Gasteiger partial charge in [0.05, 0.1) is 14.2 Å². The van der Waals surface area contributed by atoms with Crippen molar-refractivity contribution in [2.45, 2.75) is 37.5 Å². The summed E-state index contributed by atoms with van der Waals surface area (Å²) >= 11 is 0. The molecule has 1 saturated carbocycles. The Kier molecular flexibility index (Phi) is 5.47. The molecule has 1 aromatic rings. The van der Waals surface area contributed by atoms with Crippen molar-refractivity contribution in [2.75, 3.05) is 20.8 Å². The van der Waals surface area contributed by atoms with E-state index in [0.29, 0.717) is 24.5 Å². The second-order valence-electron chi connectivity index (χ2n) is 5.87. The molecule has 1 aliphatic carbocycles. The van der Waals surface area contributed by atoms with E-state index in [0.717, 1.165) is 18.4 Å². The van der Waals surface area contributed by atoms with Gasteiger partial charge in [0.15, 0.2) is 11.5 Å². The third-order valence-electron chi connectivity index (χ3n) is 4.27. The van der Waals surface area contributed by atoms with E-state index in [9.17, 15) is 9.59 Å². The normalized spacial score (nSPS) is 14.9. The van der Waals surface area contributed by atoms with Gasteiger partial charge in [-0.05, 0) is 37.0 Å². The minimum Gasteiger partial charge on any atom is -0.493 e. The van der Waals surface area contributed by atoms with E-state index in [4.69, 9.17) is 14.6 Å². The second kappa shape index (κ2) is 7.35. The van der Waals surface area contributed by atoms with Crippen LogP contribution in [0.3, 0.4) is 0 Å². The molecular weight excluding hydrogens is 298 g/mol. The van der Waals surface area contributed by atoms with Gasteiger partial charge < -0.3 is 19.9 Å². The smallest absolute Gasteiger partial charge is 0.303 e. The molecule has 6 heteroatoms. The molecule has 0 bridgehead atoms. The average molecular weight is 321 g/mol. The standard InChI is InChI=1S/C17H23NO5/c1-22-13-7-6-12(10-14(13)23-2)17(8-9-17)11-18-15(19)4-3-5-16(20)21/h6-7,10H,3-5,8-9,11H2,1-2H3,(H,18,19)(H,20,21). The number of amides is 1. The topological polar surface area (TPSA) is 84.9 Å². The molecule has 2 N–H and O–H groups in total. The molecule has 0 aromatic heterocycles. The van der Waals surface area contributed by atoms with Crippen LogP contribution in [0.15, 0.2) is 18.2 Å². The molecule has 0 radical (unpaired) electrons. The summed E-state index contributed by atoms with van der Waals surface area (Å²) in [5.74, 6) is 0.397. The molecule has 1 fully saturated rings. The highest BCUT2D eigenvalue weighted by Crippen LogP contribution is 2.49. The van der Waals surface area contributed by atoms with E-state index in [-0.39, 0.29) is 24.2 Å². The molecule has 1 aliphatic rings. The Morgan fingerprint density at radius 1 is 1.17 bits per heavy atom. The van der Waals surface area contributed by atoms with Crippen LogP contribution in [-0.2, 0) is 15.0 Å². The van der Waals surface area contributed by atoms with Crippen molar-refractivity contribution < 1.29 is 24.2 Å². The number of benzene rings is 1. The summed E-state index contributed by atoms with van der Waals surface area (Å²) in [6.45, 7) is 0.564. The maximum absolute atomic E-state index is 11.8. The van der Waals surface area contributed by atoms with Gasteiger partial charge in [0.1, 0.15) is 0 Å². The Bertz CT molecular complexity index is 580. The summed E-state index contributed by atoms with van der Waals surface area (Å²) in [5, 5.41) is 11.5. The first-order valence-corrected chi connectivity index (χ1v) is 7.72.